The number of nitrogens with zero attached hydrogens (tertiary/aromatic N) is 1. The van der Waals surface area contributed by atoms with Gasteiger partial charge in [0.05, 0.1) is 28.0 Å². The van der Waals surface area contributed by atoms with Crippen molar-refractivity contribution >= 4 is 51.2 Å². The summed E-state index contributed by atoms with van der Waals surface area (Å²) in [6.45, 7) is 0. The van der Waals surface area contributed by atoms with E-state index in [2.05, 4.69) is 63.5 Å². The molecule has 0 unspecified atom stereocenters. The molecular weight excluding hydrogens is 542 g/mol. The molecular formula is C38H27N5O. The third-order valence-electron chi connectivity index (χ3n) is 8.14. The molecule has 3 aromatic carbocycles. The maximum absolute atomic E-state index is 12.9. The smallest absolute Gasteiger partial charge is 0.250 e. The molecule has 8 rings (SSSR count). The van der Waals surface area contributed by atoms with Crippen LogP contribution in [0.1, 0.15) is 21.7 Å². The molecule has 0 saturated carbocycles. The van der Waals surface area contributed by atoms with Gasteiger partial charge in [-0.1, -0.05) is 91.0 Å². The lowest BCUT2D eigenvalue weighted by Crippen LogP contribution is -2.10. The van der Waals surface area contributed by atoms with Crippen molar-refractivity contribution in [2.75, 3.05) is 0 Å². The standard InChI is InChI=1S/C38H27N5O/c39-38(44)26-22-33-27-16-17-28(40-27)34(23-10-4-1-5-11-23)29-18-19-30(41-29)35(24-12-6-2-7-13-24)31-20-21-32(42-31)36(37(26)43-33)25-14-8-3-9-15-25/h1-22,41-43H,(H2,39,44). The van der Waals surface area contributed by atoms with Crippen molar-refractivity contribution in [3.8, 4) is 33.4 Å². The average Bonchev–Trinajstić information content (AvgIpc) is 3.88. The largest absolute Gasteiger partial charge is 0.366 e. The number of hydrogen-bond acceptors (Lipinski definition) is 2. The number of amides is 1. The van der Waals surface area contributed by atoms with Gasteiger partial charge < -0.3 is 20.7 Å². The van der Waals surface area contributed by atoms with Crippen molar-refractivity contribution < 1.29 is 4.79 Å². The molecule has 6 nitrogen and oxygen atoms in total. The number of aromatic amines is 3. The quantitative estimate of drug-likeness (QED) is 0.170. The number of nitrogens with one attached hydrogen (secondary N) is 3. The first-order valence-electron chi connectivity index (χ1n) is 14.5. The predicted octanol–water partition coefficient (Wildman–Crippen LogP) is 8.80. The molecule has 44 heavy (non-hydrogen) atoms. The number of aromatic nitrogens is 4. The second-order valence-corrected chi connectivity index (χ2v) is 10.8. The van der Waals surface area contributed by atoms with E-state index < -0.39 is 5.91 Å². The zero-order valence-corrected chi connectivity index (χ0v) is 23.6. The van der Waals surface area contributed by atoms with Crippen molar-refractivity contribution in [1.82, 2.24) is 19.9 Å². The summed E-state index contributed by atoms with van der Waals surface area (Å²) >= 11 is 0. The minimum absolute atomic E-state index is 0.401. The van der Waals surface area contributed by atoms with Gasteiger partial charge in [-0.15, -0.1) is 0 Å². The van der Waals surface area contributed by atoms with Crippen LogP contribution < -0.4 is 5.73 Å². The Balaban J connectivity index is 1.61. The Labute approximate surface area is 252 Å². The van der Waals surface area contributed by atoms with E-state index in [0.29, 0.717) is 16.6 Å². The van der Waals surface area contributed by atoms with Crippen LogP contribution in [0.3, 0.4) is 0 Å². The normalized spacial score (nSPS) is 11.7. The van der Waals surface area contributed by atoms with Crippen LogP contribution in [-0.4, -0.2) is 25.8 Å². The van der Waals surface area contributed by atoms with Gasteiger partial charge in [0.2, 0.25) is 0 Å². The fourth-order valence-corrected chi connectivity index (χ4v) is 6.16. The van der Waals surface area contributed by atoms with Crippen molar-refractivity contribution in [3.63, 3.8) is 0 Å². The van der Waals surface area contributed by atoms with Crippen LogP contribution in [0, 0.1) is 0 Å². The van der Waals surface area contributed by atoms with Crippen molar-refractivity contribution in [3.05, 3.63) is 138 Å². The number of hydrogen-bond donors (Lipinski definition) is 4. The summed E-state index contributed by atoms with van der Waals surface area (Å²) < 4.78 is 0. The van der Waals surface area contributed by atoms with Crippen LogP contribution in [0.4, 0.5) is 0 Å². The summed E-state index contributed by atoms with van der Waals surface area (Å²) in [4.78, 5) is 29.0. The first-order valence-corrected chi connectivity index (χ1v) is 14.5. The van der Waals surface area contributed by atoms with Gasteiger partial charge in [-0.25, -0.2) is 4.98 Å². The molecule has 7 aromatic rings. The highest BCUT2D eigenvalue weighted by Gasteiger charge is 2.18. The molecule has 4 aromatic heterocycles. The fourth-order valence-electron chi connectivity index (χ4n) is 6.16. The monoisotopic (exact) mass is 569 g/mol. The first kappa shape index (κ1) is 25.6. The molecule has 1 aliphatic heterocycles. The molecule has 1 amide bonds. The van der Waals surface area contributed by atoms with E-state index >= 15 is 0 Å². The molecule has 1 aliphatic rings. The molecule has 0 fully saturated rings. The molecule has 8 bridgehead atoms. The van der Waals surface area contributed by atoms with Crippen LogP contribution >= 0.6 is 0 Å². The molecule has 0 radical (unpaired) electrons. The van der Waals surface area contributed by atoms with E-state index in [4.69, 9.17) is 10.7 Å². The molecule has 0 aliphatic carbocycles. The minimum atomic E-state index is -0.513. The molecule has 0 saturated heterocycles. The van der Waals surface area contributed by atoms with Crippen LogP contribution in [-0.2, 0) is 0 Å². The highest BCUT2D eigenvalue weighted by atomic mass is 16.1. The number of H-pyrrole nitrogens is 3. The van der Waals surface area contributed by atoms with Crippen LogP contribution in [0.25, 0.3) is 78.6 Å². The lowest BCUT2D eigenvalue weighted by atomic mass is 10.0. The van der Waals surface area contributed by atoms with Crippen molar-refractivity contribution in [2.24, 2.45) is 5.73 Å². The zero-order chi connectivity index (χ0) is 29.6. The second-order valence-electron chi connectivity index (χ2n) is 10.8. The lowest BCUT2D eigenvalue weighted by molar-refractivity contribution is 0.100. The van der Waals surface area contributed by atoms with Crippen LogP contribution in [0.2, 0.25) is 0 Å². The third kappa shape index (κ3) is 4.28. The molecule has 210 valence electrons. The van der Waals surface area contributed by atoms with Gasteiger partial charge >= 0.3 is 0 Å². The van der Waals surface area contributed by atoms with E-state index in [1.807, 2.05) is 78.9 Å². The Bertz CT molecular complexity index is 2340. The zero-order valence-electron chi connectivity index (χ0n) is 23.6. The van der Waals surface area contributed by atoms with Gasteiger partial charge in [0.25, 0.3) is 5.91 Å². The van der Waals surface area contributed by atoms with E-state index in [1.165, 1.54) is 0 Å². The van der Waals surface area contributed by atoms with Crippen LogP contribution in [0.5, 0.6) is 0 Å². The SMILES string of the molecule is NC(=O)c1cc2[nH]c1c(-c1ccccc1)c1ccc([nH]1)c(-c1ccccc1)c1ccc([nH]1)c(-c1ccccc1)c1nc2C=C1. The van der Waals surface area contributed by atoms with E-state index in [-0.39, 0.29) is 0 Å². The van der Waals surface area contributed by atoms with Gasteiger partial charge in [-0.3, -0.25) is 4.79 Å². The minimum Gasteiger partial charge on any atom is -0.366 e. The Hall–Kier alpha value is -6.14. The molecule has 0 spiro atoms. The average molecular weight is 570 g/mol. The molecule has 5 heterocycles. The highest BCUT2D eigenvalue weighted by Crippen LogP contribution is 2.36. The number of fused-ring (bicyclic) bond motifs is 9. The Morgan fingerprint density at radius 2 is 0.955 bits per heavy atom. The third-order valence-corrected chi connectivity index (χ3v) is 8.14. The predicted molar refractivity (Wildman–Crippen MR) is 180 cm³/mol. The number of nitrogens with two attached hydrogens (primary N) is 1. The number of carbonyl (C=O) groups is 1. The Morgan fingerprint density at radius 1 is 0.500 bits per heavy atom. The number of benzene rings is 3. The van der Waals surface area contributed by atoms with E-state index in [1.54, 1.807) is 6.07 Å². The maximum atomic E-state index is 12.9. The van der Waals surface area contributed by atoms with Gasteiger partial charge in [-0.05, 0) is 59.2 Å². The summed E-state index contributed by atoms with van der Waals surface area (Å²) in [7, 11) is 0. The fraction of sp³-hybridized carbons (Fsp3) is 0. The van der Waals surface area contributed by atoms with Crippen molar-refractivity contribution in [2.45, 2.75) is 0 Å². The van der Waals surface area contributed by atoms with Gasteiger partial charge in [-0.2, -0.15) is 0 Å². The highest BCUT2D eigenvalue weighted by molar-refractivity contribution is 6.09. The molecule has 0 atom stereocenters. The number of carbonyl (C=O) groups excluding carboxylic acids is 1. The Morgan fingerprint density at radius 3 is 1.50 bits per heavy atom. The number of primary amides is 1. The summed E-state index contributed by atoms with van der Waals surface area (Å²) in [5.41, 5.74) is 18.9. The van der Waals surface area contributed by atoms with Crippen molar-refractivity contribution in [1.29, 1.82) is 0 Å². The summed E-state index contributed by atoms with van der Waals surface area (Å²) in [6.07, 6.45) is 4.00. The molecule has 6 heteroatoms. The maximum Gasteiger partial charge on any atom is 0.250 e. The lowest BCUT2D eigenvalue weighted by Gasteiger charge is -2.05. The Kier molecular flexibility index (Phi) is 5.98. The van der Waals surface area contributed by atoms with Gasteiger partial charge in [0.1, 0.15) is 0 Å². The first-order chi connectivity index (χ1) is 21.6. The summed E-state index contributed by atoms with van der Waals surface area (Å²) in [6, 6.07) is 40.8. The topological polar surface area (TPSA) is 103 Å². The van der Waals surface area contributed by atoms with Gasteiger partial charge in [0, 0.05) is 38.8 Å². The second kappa shape index (κ2) is 10.3. The number of rotatable bonds is 4. The van der Waals surface area contributed by atoms with E-state index in [9.17, 15) is 4.79 Å². The van der Waals surface area contributed by atoms with Crippen LogP contribution in [0.15, 0.2) is 121 Å². The molecule has 5 N–H and O–H groups in total. The van der Waals surface area contributed by atoms with Gasteiger partial charge in [0.15, 0.2) is 0 Å². The van der Waals surface area contributed by atoms with E-state index in [0.717, 1.165) is 66.8 Å². The summed E-state index contributed by atoms with van der Waals surface area (Å²) in [5, 5.41) is 0. The summed E-state index contributed by atoms with van der Waals surface area (Å²) in [5.74, 6) is -0.513.